The third-order valence-corrected chi connectivity index (χ3v) is 5.48. The highest BCUT2D eigenvalue weighted by Gasteiger charge is 2.29. The molecule has 3 rings (SSSR count). The molecule has 1 aliphatic heterocycles. The molecule has 1 amide bonds. The Morgan fingerprint density at radius 2 is 2.07 bits per heavy atom. The Balaban J connectivity index is 1.49. The lowest BCUT2D eigenvalue weighted by molar-refractivity contribution is -0.870. The van der Waals surface area contributed by atoms with Crippen LogP contribution in [0, 0.1) is 0 Å². The summed E-state index contributed by atoms with van der Waals surface area (Å²) in [6, 6.07) is 7.12. The third kappa shape index (κ3) is 5.21. The van der Waals surface area contributed by atoms with Crippen molar-refractivity contribution in [2.75, 3.05) is 53.2 Å². The van der Waals surface area contributed by atoms with Crippen LogP contribution in [0.3, 0.4) is 0 Å². The van der Waals surface area contributed by atoms with Gasteiger partial charge in [0.2, 0.25) is 11.7 Å². The van der Waals surface area contributed by atoms with Crippen molar-refractivity contribution in [1.82, 2.24) is 10.3 Å². The maximum atomic E-state index is 12.8. The van der Waals surface area contributed by atoms with Gasteiger partial charge in [-0.3, -0.25) is 14.6 Å². The van der Waals surface area contributed by atoms with Crippen LogP contribution in [-0.2, 0) is 9.53 Å². The summed E-state index contributed by atoms with van der Waals surface area (Å²) >= 11 is 1.34. The molecule has 2 heterocycles. The number of ether oxygens (including phenoxy) is 1. The number of aliphatic imine (C=N–C) groups is 1. The lowest BCUT2D eigenvalue weighted by Gasteiger charge is -2.23. The molecule has 1 atom stereocenters. The van der Waals surface area contributed by atoms with E-state index in [-0.39, 0.29) is 11.7 Å². The van der Waals surface area contributed by atoms with E-state index < -0.39 is 6.04 Å². The van der Waals surface area contributed by atoms with Crippen molar-refractivity contribution in [3.63, 3.8) is 0 Å². The molecule has 28 heavy (non-hydrogen) atoms. The molecule has 0 bridgehead atoms. The number of rotatable bonds is 9. The Kier molecular flexibility index (Phi) is 6.53. The number of ketones is 1. The van der Waals surface area contributed by atoms with Crippen LogP contribution in [0.4, 0.5) is 0 Å². The predicted molar refractivity (Wildman–Crippen MR) is 113 cm³/mol. The summed E-state index contributed by atoms with van der Waals surface area (Å²) in [5.74, 6) is 0.184. The molecule has 0 aliphatic carbocycles. The quantitative estimate of drug-likeness (QED) is 0.379. The topological polar surface area (TPSA) is 83.5 Å². The van der Waals surface area contributed by atoms with Crippen molar-refractivity contribution in [1.29, 1.82) is 0 Å². The van der Waals surface area contributed by atoms with E-state index in [0.29, 0.717) is 36.1 Å². The molecular formula is C20H27N4O3S+. The molecule has 0 fully saturated rings. The van der Waals surface area contributed by atoms with Gasteiger partial charge >= 0.3 is 0 Å². The molecule has 150 valence electrons. The first kappa shape index (κ1) is 20.6. The number of Topliss-reactive ketones (excluding diaryl/α,β-unsaturated/α-hetero) is 1. The van der Waals surface area contributed by atoms with Gasteiger partial charge in [-0.05, 0) is 6.07 Å². The van der Waals surface area contributed by atoms with Crippen molar-refractivity contribution in [3.8, 4) is 0 Å². The van der Waals surface area contributed by atoms with Crippen LogP contribution < -0.4 is 5.32 Å². The Bertz CT molecular complexity index is 885. The van der Waals surface area contributed by atoms with Gasteiger partial charge in [0.05, 0.1) is 39.9 Å². The summed E-state index contributed by atoms with van der Waals surface area (Å²) in [5.41, 5.74) is 1.50. The number of nitrogens with zero attached hydrogens (tertiary/aromatic N) is 2. The summed E-state index contributed by atoms with van der Waals surface area (Å²) in [6.45, 7) is 2.48. The molecule has 1 aliphatic rings. The zero-order chi connectivity index (χ0) is 20.1. The normalized spacial score (nSPS) is 17.0. The first-order valence-electron chi connectivity index (χ1n) is 9.32. The molecule has 0 saturated carbocycles. The smallest absolute Gasteiger partial charge is 0.245 e. The Labute approximate surface area is 169 Å². The fourth-order valence-electron chi connectivity index (χ4n) is 2.81. The number of quaternary nitrogens is 1. The molecule has 2 aromatic rings. The SMILES string of the molecule is C[N+](C)(C)CCOCCNC(=O)C1CSC(C(=O)c2c[nH]c3ccccc23)=N1. The fraction of sp³-hybridized carbons (Fsp3) is 0.450. The van der Waals surface area contributed by atoms with Crippen molar-refractivity contribution >= 4 is 39.4 Å². The fourth-order valence-corrected chi connectivity index (χ4v) is 3.80. The largest absolute Gasteiger partial charge is 0.374 e. The molecule has 0 radical (unpaired) electrons. The standard InChI is InChI=1S/C20H26N4O3S/c1-24(2,3)9-11-27-10-8-21-19(26)17-13-28-20(23-17)18(25)15-12-22-16-7-5-4-6-14(15)16/h4-7,12,17H,8-11,13H2,1-3H3,(H-,21,22,25,26)/p+1. The summed E-state index contributed by atoms with van der Waals surface area (Å²) in [5, 5.41) is 4.10. The van der Waals surface area contributed by atoms with Gasteiger partial charge in [-0.1, -0.05) is 18.2 Å². The number of carbonyl (C=O) groups is 2. The van der Waals surface area contributed by atoms with E-state index in [4.69, 9.17) is 4.74 Å². The highest BCUT2D eigenvalue weighted by atomic mass is 32.2. The molecule has 0 saturated heterocycles. The average molecular weight is 404 g/mol. The molecule has 8 heteroatoms. The number of likely N-dealkylation sites (N-methyl/N-ethyl adjacent to an activating group) is 1. The lowest BCUT2D eigenvalue weighted by atomic mass is 10.1. The van der Waals surface area contributed by atoms with Gasteiger partial charge in [-0.25, -0.2) is 0 Å². The number of para-hydroxylation sites is 1. The maximum absolute atomic E-state index is 12.8. The summed E-state index contributed by atoms with van der Waals surface area (Å²) in [6.07, 6.45) is 1.71. The summed E-state index contributed by atoms with van der Waals surface area (Å²) < 4.78 is 6.38. The molecule has 1 unspecified atom stereocenters. The van der Waals surface area contributed by atoms with E-state index in [2.05, 4.69) is 36.4 Å². The minimum absolute atomic E-state index is 0.138. The number of nitrogens with one attached hydrogen (secondary N) is 2. The van der Waals surface area contributed by atoms with E-state index >= 15 is 0 Å². The Morgan fingerprint density at radius 1 is 1.29 bits per heavy atom. The molecule has 7 nitrogen and oxygen atoms in total. The Morgan fingerprint density at radius 3 is 2.86 bits per heavy atom. The second-order valence-corrected chi connectivity index (χ2v) is 8.76. The second-order valence-electron chi connectivity index (χ2n) is 7.76. The highest BCUT2D eigenvalue weighted by molar-refractivity contribution is 8.16. The van der Waals surface area contributed by atoms with Crippen LogP contribution >= 0.6 is 11.8 Å². The zero-order valence-electron chi connectivity index (χ0n) is 16.5. The van der Waals surface area contributed by atoms with Crippen molar-refractivity contribution < 1.29 is 18.8 Å². The number of fused-ring (bicyclic) bond motifs is 1. The number of carbonyl (C=O) groups excluding carboxylic acids is 2. The van der Waals surface area contributed by atoms with Crippen LogP contribution in [0.15, 0.2) is 35.5 Å². The van der Waals surface area contributed by atoms with Gasteiger partial charge in [0.25, 0.3) is 0 Å². The van der Waals surface area contributed by atoms with Crippen LogP contribution in [0.5, 0.6) is 0 Å². The minimum Gasteiger partial charge on any atom is -0.374 e. The van der Waals surface area contributed by atoms with Crippen molar-refractivity contribution in [2.24, 2.45) is 4.99 Å². The van der Waals surface area contributed by atoms with E-state index in [1.807, 2.05) is 24.3 Å². The highest BCUT2D eigenvalue weighted by Crippen LogP contribution is 2.25. The number of aromatic nitrogens is 1. The minimum atomic E-state index is -0.527. The first-order valence-corrected chi connectivity index (χ1v) is 10.3. The van der Waals surface area contributed by atoms with Crippen LogP contribution in [0.2, 0.25) is 0 Å². The van der Waals surface area contributed by atoms with Gasteiger partial charge in [-0.15, -0.1) is 11.8 Å². The third-order valence-electron chi connectivity index (χ3n) is 4.43. The molecule has 0 spiro atoms. The van der Waals surface area contributed by atoms with Crippen LogP contribution in [-0.4, -0.2) is 85.4 Å². The number of aromatic amines is 1. The van der Waals surface area contributed by atoms with Crippen LogP contribution in [0.25, 0.3) is 10.9 Å². The van der Waals surface area contributed by atoms with Gasteiger partial charge in [0, 0.05) is 29.4 Å². The number of hydrogen-bond acceptors (Lipinski definition) is 5. The van der Waals surface area contributed by atoms with Crippen molar-refractivity contribution in [2.45, 2.75) is 6.04 Å². The van der Waals surface area contributed by atoms with Crippen molar-refractivity contribution in [3.05, 3.63) is 36.0 Å². The first-order chi connectivity index (χ1) is 13.3. The number of benzene rings is 1. The summed E-state index contributed by atoms with van der Waals surface area (Å²) in [4.78, 5) is 32.5. The number of amides is 1. The van der Waals surface area contributed by atoms with Gasteiger partial charge < -0.3 is 19.5 Å². The molecule has 2 N–H and O–H groups in total. The number of H-pyrrole nitrogens is 1. The van der Waals surface area contributed by atoms with E-state index in [0.717, 1.165) is 21.9 Å². The molecule has 1 aromatic heterocycles. The van der Waals surface area contributed by atoms with Gasteiger partial charge in [-0.2, -0.15) is 0 Å². The van der Waals surface area contributed by atoms with E-state index in [1.54, 1.807) is 6.20 Å². The average Bonchev–Trinajstić information content (AvgIpc) is 3.30. The molecular weight excluding hydrogens is 376 g/mol. The predicted octanol–water partition coefficient (Wildman–Crippen LogP) is 1.70. The number of hydrogen-bond donors (Lipinski definition) is 2. The Hall–Kier alpha value is -2.16. The monoisotopic (exact) mass is 403 g/mol. The zero-order valence-corrected chi connectivity index (χ0v) is 17.3. The summed E-state index contributed by atoms with van der Waals surface area (Å²) in [7, 11) is 6.32. The van der Waals surface area contributed by atoms with E-state index in [9.17, 15) is 9.59 Å². The number of thioether (sulfide) groups is 1. The van der Waals surface area contributed by atoms with Gasteiger partial charge in [0.1, 0.15) is 17.6 Å². The van der Waals surface area contributed by atoms with E-state index in [1.165, 1.54) is 11.8 Å². The molecule has 1 aromatic carbocycles. The lowest BCUT2D eigenvalue weighted by Crippen LogP contribution is -2.39. The van der Waals surface area contributed by atoms with Gasteiger partial charge in [0.15, 0.2) is 0 Å². The maximum Gasteiger partial charge on any atom is 0.245 e. The second kappa shape index (κ2) is 8.89. The van der Waals surface area contributed by atoms with Crippen LogP contribution in [0.1, 0.15) is 10.4 Å².